The Morgan fingerprint density at radius 2 is 1.91 bits per heavy atom. The van der Waals surface area contributed by atoms with Gasteiger partial charge >= 0.3 is 5.97 Å². The van der Waals surface area contributed by atoms with Gasteiger partial charge in [0.2, 0.25) is 0 Å². The molecule has 0 aliphatic carbocycles. The molecule has 2 aromatic carbocycles. The number of nitrogens with one attached hydrogen (secondary N) is 1. The zero-order valence-corrected chi connectivity index (χ0v) is 11.7. The highest BCUT2D eigenvalue weighted by molar-refractivity contribution is 5.94. The molecular formula is C16H10N4O3. The number of H-pyrrole nitrogens is 1. The van der Waals surface area contributed by atoms with Crippen LogP contribution in [0.4, 0.5) is 0 Å². The number of aromatic amines is 1. The number of fused-ring (bicyclic) bond motifs is 3. The van der Waals surface area contributed by atoms with Gasteiger partial charge in [0.1, 0.15) is 5.69 Å². The highest BCUT2D eigenvalue weighted by Crippen LogP contribution is 2.22. The van der Waals surface area contributed by atoms with Gasteiger partial charge in [-0.3, -0.25) is 4.79 Å². The summed E-state index contributed by atoms with van der Waals surface area (Å²) in [5, 5.41) is 16.5. The van der Waals surface area contributed by atoms with Crippen molar-refractivity contribution in [2.75, 3.05) is 0 Å². The van der Waals surface area contributed by atoms with Crippen LogP contribution in [0.25, 0.3) is 27.8 Å². The fraction of sp³-hybridized carbons (Fsp3) is 0. The monoisotopic (exact) mass is 306 g/mol. The molecule has 0 amide bonds. The number of hydrogen-bond donors (Lipinski definition) is 2. The molecule has 0 aliphatic heterocycles. The molecule has 2 heterocycles. The predicted octanol–water partition coefficient (Wildman–Crippen LogP) is 1.94. The number of nitrogens with zero attached hydrogens (tertiary/aromatic N) is 3. The second kappa shape index (κ2) is 4.77. The van der Waals surface area contributed by atoms with Crippen molar-refractivity contribution < 1.29 is 9.90 Å². The third-order valence-electron chi connectivity index (χ3n) is 3.66. The Kier molecular flexibility index (Phi) is 2.74. The smallest absolute Gasteiger partial charge is 0.335 e. The maximum absolute atomic E-state index is 12.2. The zero-order valence-electron chi connectivity index (χ0n) is 11.7. The quantitative estimate of drug-likeness (QED) is 0.589. The van der Waals surface area contributed by atoms with E-state index in [1.165, 1.54) is 22.7 Å². The van der Waals surface area contributed by atoms with Crippen molar-refractivity contribution in [2.24, 2.45) is 0 Å². The van der Waals surface area contributed by atoms with E-state index in [4.69, 9.17) is 5.11 Å². The summed E-state index contributed by atoms with van der Waals surface area (Å²) in [6.07, 6.45) is 0. The number of aromatic carboxylic acids is 1. The normalized spacial score (nSPS) is 11.1. The molecular weight excluding hydrogens is 296 g/mol. The van der Waals surface area contributed by atoms with E-state index in [0.717, 1.165) is 5.56 Å². The molecule has 0 unspecified atom stereocenters. The molecule has 0 spiro atoms. The van der Waals surface area contributed by atoms with Crippen molar-refractivity contribution >= 4 is 22.5 Å². The molecule has 2 aromatic heterocycles. The molecule has 0 bridgehead atoms. The van der Waals surface area contributed by atoms with E-state index in [1.807, 2.05) is 30.3 Å². The fourth-order valence-corrected chi connectivity index (χ4v) is 2.55. The van der Waals surface area contributed by atoms with Crippen LogP contribution in [-0.4, -0.2) is 30.9 Å². The van der Waals surface area contributed by atoms with Crippen LogP contribution in [0.2, 0.25) is 0 Å². The molecule has 7 heteroatoms. The number of carbonyl (C=O) groups is 1. The van der Waals surface area contributed by atoms with Gasteiger partial charge in [0.05, 0.1) is 16.5 Å². The Morgan fingerprint density at radius 1 is 1.13 bits per heavy atom. The van der Waals surface area contributed by atoms with Crippen LogP contribution in [0.1, 0.15) is 10.4 Å². The number of benzene rings is 2. The highest BCUT2D eigenvalue weighted by Gasteiger charge is 2.15. The fourth-order valence-electron chi connectivity index (χ4n) is 2.55. The lowest BCUT2D eigenvalue weighted by Crippen LogP contribution is -2.11. The standard InChI is InChI=1S/C16H10N4O3/c21-15-11-7-6-10(16(22)23)8-12(11)20-14(17-15)13(18-19-20)9-4-2-1-3-5-9/h1-8,19H,(H,22,23). The van der Waals surface area contributed by atoms with E-state index >= 15 is 0 Å². The zero-order chi connectivity index (χ0) is 16.0. The van der Waals surface area contributed by atoms with Crippen molar-refractivity contribution in [3.8, 4) is 11.3 Å². The van der Waals surface area contributed by atoms with Crippen LogP contribution in [0.15, 0.2) is 53.3 Å². The van der Waals surface area contributed by atoms with E-state index in [9.17, 15) is 9.59 Å². The Hall–Kier alpha value is -3.48. The Bertz CT molecular complexity index is 1110. The Balaban J connectivity index is 2.10. The van der Waals surface area contributed by atoms with Crippen molar-refractivity contribution in [2.45, 2.75) is 0 Å². The van der Waals surface area contributed by atoms with Crippen molar-refractivity contribution in [1.82, 2.24) is 19.8 Å². The van der Waals surface area contributed by atoms with Crippen molar-refractivity contribution in [3.63, 3.8) is 0 Å². The number of carboxylic acid groups (broad SMARTS) is 1. The summed E-state index contributed by atoms with van der Waals surface area (Å²) in [6, 6.07) is 13.6. The van der Waals surface area contributed by atoms with Crippen LogP contribution in [0.3, 0.4) is 0 Å². The van der Waals surface area contributed by atoms with Crippen LogP contribution >= 0.6 is 0 Å². The number of carboxylic acids is 1. The number of hydrogen-bond acceptors (Lipinski definition) is 4. The van der Waals surface area contributed by atoms with Crippen molar-refractivity contribution in [3.05, 3.63) is 64.4 Å². The minimum Gasteiger partial charge on any atom is -0.478 e. The lowest BCUT2D eigenvalue weighted by atomic mass is 10.1. The summed E-state index contributed by atoms with van der Waals surface area (Å²) in [5.41, 5.74) is 1.80. The molecule has 0 aliphatic rings. The SMILES string of the molecule is O=C(O)c1ccc2c(=O)nc3c(-c4ccccc4)n[nH]n3c2c1. The van der Waals surface area contributed by atoms with Gasteiger partial charge in [-0.1, -0.05) is 30.3 Å². The molecule has 0 saturated heterocycles. The average Bonchev–Trinajstić information content (AvgIpc) is 2.99. The van der Waals surface area contributed by atoms with Crippen LogP contribution < -0.4 is 5.56 Å². The van der Waals surface area contributed by atoms with E-state index in [1.54, 1.807) is 0 Å². The molecule has 23 heavy (non-hydrogen) atoms. The van der Waals surface area contributed by atoms with Gasteiger partial charge in [-0.25, -0.2) is 14.5 Å². The summed E-state index contributed by atoms with van der Waals surface area (Å²) < 4.78 is 1.52. The van der Waals surface area contributed by atoms with Gasteiger partial charge < -0.3 is 5.11 Å². The molecule has 0 saturated carbocycles. The maximum atomic E-state index is 12.2. The lowest BCUT2D eigenvalue weighted by Gasteiger charge is -2.02. The molecule has 0 fully saturated rings. The summed E-state index contributed by atoms with van der Waals surface area (Å²) in [7, 11) is 0. The van der Waals surface area contributed by atoms with E-state index < -0.39 is 11.5 Å². The highest BCUT2D eigenvalue weighted by atomic mass is 16.4. The van der Waals surface area contributed by atoms with E-state index in [0.29, 0.717) is 22.2 Å². The summed E-state index contributed by atoms with van der Waals surface area (Å²) >= 11 is 0. The van der Waals surface area contributed by atoms with Gasteiger partial charge in [-0.15, -0.1) is 0 Å². The maximum Gasteiger partial charge on any atom is 0.335 e. The molecule has 0 atom stereocenters. The van der Waals surface area contributed by atoms with Gasteiger partial charge in [0.15, 0.2) is 5.65 Å². The average molecular weight is 306 g/mol. The summed E-state index contributed by atoms with van der Waals surface area (Å²) in [5.74, 6) is -1.06. The molecule has 4 aromatic rings. The first-order valence-electron chi connectivity index (χ1n) is 6.85. The molecule has 0 radical (unpaired) electrons. The first-order chi connectivity index (χ1) is 11.1. The van der Waals surface area contributed by atoms with Crippen molar-refractivity contribution in [1.29, 1.82) is 0 Å². The van der Waals surface area contributed by atoms with Crippen LogP contribution in [0.5, 0.6) is 0 Å². The minimum absolute atomic E-state index is 0.0905. The molecule has 4 rings (SSSR count). The first-order valence-corrected chi connectivity index (χ1v) is 6.85. The largest absolute Gasteiger partial charge is 0.478 e. The lowest BCUT2D eigenvalue weighted by molar-refractivity contribution is 0.0697. The molecule has 2 N–H and O–H groups in total. The summed E-state index contributed by atoms with van der Waals surface area (Å²) in [6.45, 7) is 0. The van der Waals surface area contributed by atoms with Gasteiger partial charge in [0.25, 0.3) is 5.56 Å². The van der Waals surface area contributed by atoms with Gasteiger partial charge in [0, 0.05) is 5.56 Å². The topological polar surface area (TPSA) is 100 Å². The summed E-state index contributed by atoms with van der Waals surface area (Å²) in [4.78, 5) is 27.5. The Labute approximate surface area is 128 Å². The van der Waals surface area contributed by atoms with E-state index in [-0.39, 0.29) is 5.56 Å². The van der Waals surface area contributed by atoms with Gasteiger partial charge in [-0.05, 0) is 18.2 Å². The number of rotatable bonds is 2. The Morgan fingerprint density at radius 3 is 2.65 bits per heavy atom. The minimum atomic E-state index is -1.06. The number of aromatic nitrogens is 4. The third-order valence-corrected chi connectivity index (χ3v) is 3.66. The van der Waals surface area contributed by atoms with E-state index in [2.05, 4.69) is 15.3 Å². The third kappa shape index (κ3) is 1.98. The van der Waals surface area contributed by atoms with Crippen LogP contribution in [0, 0.1) is 0 Å². The predicted molar refractivity (Wildman–Crippen MR) is 83.5 cm³/mol. The van der Waals surface area contributed by atoms with Gasteiger partial charge in [-0.2, -0.15) is 10.1 Å². The van der Waals surface area contributed by atoms with Crippen LogP contribution in [-0.2, 0) is 0 Å². The molecule has 112 valence electrons. The molecule has 7 nitrogen and oxygen atoms in total. The second-order valence-electron chi connectivity index (χ2n) is 5.04. The second-order valence-corrected chi connectivity index (χ2v) is 5.04. The first kappa shape index (κ1) is 13.2.